The molecule has 0 bridgehead atoms. The Morgan fingerprint density at radius 1 is 1.04 bits per heavy atom. The highest BCUT2D eigenvalue weighted by Gasteiger charge is 2.05. The minimum Gasteiger partial charge on any atom is -0.496 e. The minimum atomic E-state index is 0.515. The van der Waals surface area contributed by atoms with Crippen LogP contribution in [-0.4, -0.2) is 18.1 Å². The number of aromatic nitrogens is 1. The third-order valence-electron chi connectivity index (χ3n) is 4.89. The van der Waals surface area contributed by atoms with Gasteiger partial charge in [0.2, 0.25) is 0 Å². The van der Waals surface area contributed by atoms with Crippen LogP contribution < -0.4 is 10.1 Å². The average Bonchev–Trinajstić information content (AvgIpc) is 2.69. The fourth-order valence-corrected chi connectivity index (χ4v) is 3.31. The van der Waals surface area contributed by atoms with Crippen molar-refractivity contribution in [3.8, 4) is 5.75 Å². The molecule has 2 aromatic carbocycles. The number of benzene rings is 2. The number of nitrogens with one attached hydrogen (secondary N) is 1. The number of aryl methyl sites for hydroxylation is 1. The van der Waals surface area contributed by atoms with Gasteiger partial charge in [0, 0.05) is 30.4 Å². The zero-order valence-corrected chi connectivity index (χ0v) is 15.7. The largest absolute Gasteiger partial charge is 0.496 e. The summed E-state index contributed by atoms with van der Waals surface area (Å²) in [5, 5.41) is 6.09. The lowest BCUT2D eigenvalue weighted by molar-refractivity contribution is 0.408. The third kappa shape index (κ3) is 5.06. The molecular formula is C23H28N2O. The number of unbranched alkanes of at least 4 members (excludes halogenated alkanes) is 1. The van der Waals surface area contributed by atoms with Crippen molar-refractivity contribution in [2.24, 2.45) is 0 Å². The van der Waals surface area contributed by atoms with Gasteiger partial charge in [0.25, 0.3) is 0 Å². The standard InChI is InChI=1S/C23H28N2O/c1-18(7-3-4-8-20-9-5-6-10-23(20)26-2)25-16-19-11-12-22-17-24-14-13-21(22)15-19/h5-6,9-15,17-18,25H,3-4,7-8,16H2,1-2H3/t18-/m1/s1. The molecule has 136 valence electrons. The quantitative estimate of drug-likeness (QED) is 0.544. The van der Waals surface area contributed by atoms with Gasteiger partial charge in [0.15, 0.2) is 0 Å². The van der Waals surface area contributed by atoms with E-state index in [-0.39, 0.29) is 0 Å². The van der Waals surface area contributed by atoms with E-state index >= 15 is 0 Å². The van der Waals surface area contributed by atoms with Gasteiger partial charge in [0.05, 0.1) is 7.11 Å². The third-order valence-corrected chi connectivity index (χ3v) is 4.89. The molecule has 0 spiro atoms. The lowest BCUT2D eigenvalue weighted by atomic mass is 10.0. The Balaban J connectivity index is 1.40. The molecule has 0 aliphatic rings. The van der Waals surface area contributed by atoms with Gasteiger partial charge in [-0.3, -0.25) is 4.98 Å². The Kier molecular flexibility index (Phi) is 6.62. The molecule has 0 amide bonds. The molecule has 1 aromatic heterocycles. The molecule has 0 aliphatic heterocycles. The van der Waals surface area contributed by atoms with E-state index in [0.29, 0.717) is 6.04 Å². The van der Waals surface area contributed by atoms with E-state index in [0.717, 1.165) is 18.7 Å². The zero-order chi connectivity index (χ0) is 18.2. The Labute approximate surface area is 156 Å². The zero-order valence-electron chi connectivity index (χ0n) is 15.7. The van der Waals surface area contributed by atoms with Gasteiger partial charge in [0.1, 0.15) is 5.75 Å². The molecule has 26 heavy (non-hydrogen) atoms. The summed E-state index contributed by atoms with van der Waals surface area (Å²) in [5.74, 6) is 1.00. The van der Waals surface area contributed by atoms with Crippen LogP contribution in [0.4, 0.5) is 0 Å². The first-order valence-electron chi connectivity index (χ1n) is 9.44. The first-order chi connectivity index (χ1) is 12.8. The highest BCUT2D eigenvalue weighted by Crippen LogP contribution is 2.20. The van der Waals surface area contributed by atoms with E-state index in [1.807, 2.05) is 24.5 Å². The van der Waals surface area contributed by atoms with Crippen molar-refractivity contribution in [1.82, 2.24) is 10.3 Å². The summed E-state index contributed by atoms with van der Waals surface area (Å²) in [6, 6.07) is 17.5. The molecule has 0 fully saturated rings. The maximum Gasteiger partial charge on any atom is 0.122 e. The number of nitrogens with zero attached hydrogens (tertiary/aromatic N) is 1. The Morgan fingerprint density at radius 3 is 2.81 bits per heavy atom. The molecule has 0 saturated carbocycles. The number of methoxy groups -OCH3 is 1. The highest BCUT2D eigenvalue weighted by atomic mass is 16.5. The van der Waals surface area contributed by atoms with E-state index in [2.05, 4.69) is 53.6 Å². The van der Waals surface area contributed by atoms with Crippen LogP contribution in [0.5, 0.6) is 5.75 Å². The van der Waals surface area contributed by atoms with Gasteiger partial charge < -0.3 is 10.1 Å². The second-order valence-corrected chi connectivity index (χ2v) is 6.90. The number of fused-ring (bicyclic) bond motifs is 1. The molecule has 1 heterocycles. The predicted molar refractivity (Wildman–Crippen MR) is 109 cm³/mol. The molecule has 3 nitrogen and oxygen atoms in total. The first-order valence-corrected chi connectivity index (χ1v) is 9.44. The van der Waals surface area contributed by atoms with Crippen LogP contribution in [0.2, 0.25) is 0 Å². The Morgan fingerprint density at radius 2 is 1.92 bits per heavy atom. The Bertz CT molecular complexity index is 831. The van der Waals surface area contributed by atoms with Crippen LogP contribution in [-0.2, 0) is 13.0 Å². The summed E-state index contributed by atoms with van der Waals surface area (Å²) in [4.78, 5) is 4.17. The number of rotatable bonds is 9. The minimum absolute atomic E-state index is 0.515. The fourth-order valence-electron chi connectivity index (χ4n) is 3.31. The van der Waals surface area contributed by atoms with E-state index in [9.17, 15) is 0 Å². The van der Waals surface area contributed by atoms with E-state index in [4.69, 9.17) is 4.74 Å². The number of para-hydroxylation sites is 1. The molecule has 3 rings (SSSR count). The van der Waals surface area contributed by atoms with Crippen molar-refractivity contribution in [3.63, 3.8) is 0 Å². The lowest BCUT2D eigenvalue weighted by Gasteiger charge is -2.14. The number of hydrogen-bond acceptors (Lipinski definition) is 3. The molecule has 3 heteroatoms. The molecule has 0 saturated heterocycles. The van der Waals surface area contributed by atoms with Crippen LogP contribution in [0.1, 0.15) is 37.3 Å². The van der Waals surface area contributed by atoms with E-state index < -0.39 is 0 Å². The normalized spacial score (nSPS) is 12.2. The lowest BCUT2D eigenvalue weighted by Crippen LogP contribution is -2.25. The highest BCUT2D eigenvalue weighted by molar-refractivity contribution is 5.81. The molecule has 0 unspecified atom stereocenters. The molecule has 3 aromatic rings. The van der Waals surface area contributed by atoms with Crippen molar-refractivity contribution in [2.75, 3.05) is 7.11 Å². The van der Waals surface area contributed by atoms with Crippen molar-refractivity contribution in [2.45, 2.75) is 45.2 Å². The van der Waals surface area contributed by atoms with Crippen LogP contribution in [0.15, 0.2) is 60.9 Å². The molecule has 1 N–H and O–H groups in total. The summed E-state index contributed by atoms with van der Waals surface area (Å²) in [5.41, 5.74) is 2.63. The summed E-state index contributed by atoms with van der Waals surface area (Å²) in [6.45, 7) is 3.18. The van der Waals surface area contributed by atoms with Gasteiger partial charge in [-0.15, -0.1) is 0 Å². The topological polar surface area (TPSA) is 34.1 Å². The van der Waals surface area contributed by atoms with Crippen molar-refractivity contribution in [3.05, 3.63) is 72.1 Å². The SMILES string of the molecule is COc1ccccc1CCCC[C@@H](C)NCc1ccc2cnccc2c1. The maximum absolute atomic E-state index is 5.43. The van der Waals surface area contributed by atoms with Crippen LogP contribution in [0.3, 0.4) is 0 Å². The van der Waals surface area contributed by atoms with Gasteiger partial charge in [-0.05, 0) is 60.9 Å². The first kappa shape index (κ1) is 18.4. The van der Waals surface area contributed by atoms with Gasteiger partial charge in [-0.2, -0.15) is 0 Å². The maximum atomic E-state index is 5.43. The molecule has 1 atom stereocenters. The summed E-state index contributed by atoms with van der Waals surface area (Å²) in [6.07, 6.45) is 8.44. The second kappa shape index (κ2) is 9.35. The van der Waals surface area contributed by atoms with Crippen LogP contribution in [0, 0.1) is 0 Å². The van der Waals surface area contributed by atoms with Crippen molar-refractivity contribution < 1.29 is 4.74 Å². The van der Waals surface area contributed by atoms with Crippen molar-refractivity contribution in [1.29, 1.82) is 0 Å². The summed E-state index contributed by atoms with van der Waals surface area (Å²) >= 11 is 0. The number of ether oxygens (including phenoxy) is 1. The van der Waals surface area contributed by atoms with E-state index in [1.165, 1.54) is 41.2 Å². The summed E-state index contributed by atoms with van der Waals surface area (Å²) < 4.78 is 5.43. The van der Waals surface area contributed by atoms with Crippen LogP contribution >= 0.6 is 0 Å². The summed E-state index contributed by atoms with van der Waals surface area (Å²) in [7, 11) is 1.74. The second-order valence-electron chi connectivity index (χ2n) is 6.90. The average molecular weight is 348 g/mol. The molecule has 0 aliphatic carbocycles. The van der Waals surface area contributed by atoms with Gasteiger partial charge in [-0.25, -0.2) is 0 Å². The van der Waals surface area contributed by atoms with Gasteiger partial charge in [-0.1, -0.05) is 36.8 Å². The number of pyridine rings is 1. The monoisotopic (exact) mass is 348 g/mol. The number of hydrogen-bond donors (Lipinski definition) is 1. The molecule has 0 radical (unpaired) electrons. The fraction of sp³-hybridized carbons (Fsp3) is 0.348. The predicted octanol–water partition coefficient (Wildman–Crippen LogP) is 5.13. The van der Waals surface area contributed by atoms with Gasteiger partial charge >= 0.3 is 0 Å². The smallest absolute Gasteiger partial charge is 0.122 e. The van der Waals surface area contributed by atoms with E-state index in [1.54, 1.807) is 7.11 Å². The van der Waals surface area contributed by atoms with Crippen LogP contribution in [0.25, 0.3) is 10.8 Å². The molecular weight excluding hydrogens is 320 g/mol. The Hall–Kier alpha value is -2.39. The van der Waals surface area contributed by atoms with Crippen molar-refractivity contribution >= 4 is 10.8 Å².